The molecule has 4 rings (SSSR count). The van der Waals surface area contributed by atoms with Gasteiger partial charge in [-0.15, -0.1) is 0 Å². The van der Waals surface area contributed by atoms with Crippen LogP contribution in [-0.2, 0) is 4.74 Å². The van der Waals surface area contributed by atoms with Gasteiger partial charge in [-0.25, -0.2) is 14.8 Å². The molecule has 4 heterocycles. The van der Waals surface area contributed by atoms with Crippen molar-refractivity contribution in [2.45, 2.75) is 6.92 Å². The predicted molar refractivity (Wildman–Crippen MR) is 98.4 cm³/mol. The highest BCUT2D eigenvalue weighted by Gasteiger charge is 2.25. The highest BCUT2D eigenvalue weighted by molar-refractivity contribution is 7.18. The fourth-order valence-electron chi connectivity index (χ4n) is 2.91. The Morgan fingerprint density at radius 3 is 2.69 bits per heavy atom. The van der Waals surface area contributed by atoms with E-state index in [1.165, 1.54) is 24.8 Å². The quantitative estimate of drug-likeness (QED) is 0.621. The smallest absolute Gasteiger partial charge is 0.351 e. The molecular formula is C15H16ClN7O2S. The van der Waals surface area contributed by atoms with Gasteiger partial charge in [-0.2, -0.15) is 14.6 Å². The Hall–Kier alpha value is -2.46. The van der Waals surface area contributed by atoms with E-state index in [9.17, 15) is 4.79 Å². The number of rotatable bonds is 3. The lowest BCUT2D eigenvalue weighted by molar-refractivity contribution is 0.0606. The van der Waals surface area contributed by atoms with Crippen LogP contribution in [0.15, 0.2) is 12.4 Å². The summed E-state index contributed by atoms with van der Waals surface area (Å²) in [5, 5.41) is 5.18. The third kappa shape index (κ3) is 2.95. The van der Waals surface area contributed by atoms with Crippen LogP contribution < -0.4 is 9.80 Å². The standard InChI is InChI=1S/C15H16ClN7O2S/c1-9-7-10(23-14(19-9)17-8-18-23)21-3-5-22(6-4-21)15-20-12(16)11(26-15)13(24)25-2/h7-8H,3-6H2,1-2H3. The summed E-state index contributed by atoms with van der Waals surface area (Å²) in [7, 11) is 1.33. The zero-order valence-corrected chi connectivity index (χ0v) is 15.8. The Morgan fingerprint density at radius 1 is 1.23 bits per heavy atom. The van der Waals surface area contributed by atoms with E-state index in [4.69, 9.17) is 16.3 Å². The minimum atomic E-state index is -0.460. The van der Waals surface area contributed by atoms with Crippen LogP contribution in [0.5, 0.6) is 0 Å². The average Bonchev–Trinajstić information content (AvgIpc) is 3.27. The van der Waals surface area contributed by atoms with Gasteiger partial charge < -0.3 is 14.5 Å². The Balaban J connectivity index is 1.52. The van der Waals surface area contributed by atoms with Gasteiger partial charge in [-0.3, -0.25) is 0 Å². The maximum atomic E-state index is 11.7. The number of carbonyl (C=O) groups is 1. The van der Waals surface area contributed by atoms with Crippen LogP contribution in [0, 0.1) is 6.92 Å². The number of anilines is 2. The summed E-state index contributed by atoms with van der Waals surface area (Å²) < 4.78 is 6.48. The molecule has 0 unspecified atom stereocenters. The van der Waals surface area contributed by atoms with Crippen molar-refractivity contribution in [3.8, 4) is 0 Å². The van der Waals surface area contributed by atoms with Crippen LogP contribution in [0.3, 0.4) is 0 Å². The molecule has 3 aromatic heterocycles. The lowest BCUT2D eigenvalue weighted by atomic mass is 10.3. The van der Waals surface area contributed by atoms with Gasteiger partial charge in [0.25, 0.3) is 5.78 Å². The van der Waals surface area contributed by atoms with Crippen molar-refractivity contribution in [2.75, 3.05) is 43.1 Å². The van der Waals surface area contributed by atoms with Crippen molar-refractivity contribution >= 4 is 45.6 Å². The van der Waals surface area contributed by atoms with Gasteiger partial charge in [0.1, 0.15) is 12.1 Å². The topological polar surface area (TPSA) is 88.8 Å². The first kappa shape index (κ1) is 17.0. The lowest BCUT2D eigenvalue weighted by Gasteiger charge is -2.35. The zero-order valence-electron chi connectivity index (χ0n) is 14.2. The second-order valence-corrected chi connectivity index (χ2v) is 7.15. The predicted octanol–water partition coefficient (Wildman–Crippen LogP) is 1.66. The Bertz CT molecular complexity index is 964. The number of ether oxygens (including phenoxy) is 1. The first-order valence-electron chi connectivity index (χ1n) is 7.98. The van der Waals surface area contributed by atoms with Gasteiger partial charge in [0.2, 0.25) is 0 Å². The number of aromatic nitrogens is 5. The number of esters is 1. The van der Waals surface area contributed by atoms with E-state index in [0.717, 1.165) is 42.8 Å². The molecule has 26 heavy (non-hydrogen) atoms. The molecule has 11 heteroatoms. The first-order valence-corrected chi connectivity index (χ1v) is 9.18. The van der Waals surface area contributed by atoms with Crippen LogP contribution in [0.25, 0.3) is 5.78 Å². The number of hydrogen-bond donors (Lipinski definition) is 0. The summed E-state index contributed by atoms with van der Waals surface area (Å²) in [5.74, 6) is 1.10. The summed E-state index contributed by atoms with van der Waals surface area (Å²) in [5.41, 5.74) is 0.900. The lowest BCUT2D eigenvalue weighted by Crippen LogP contribution is -2.47. The van der Waals surface area contributed by atoms with E-state index in [2.05, 4.69) is 29.9 Å². The fraction of sp³-hybridized carbons (Fsp3) is 0.400. The van der Waals surface area contributed by atoms with Crippen molar-refractivity contribution in [3.05, 3.63) is 28.1 Å². The molecule has 0 atom stereocenters. The molecule has 0 N–H and O–H groups in total. The highest BCUT2D eigenvalue weighted by atomic mass is 35.5. The van der Waals surface area contributed by atoms with Crippen molar-refractivity contribution in [3.63, 3.8) is 0 Å². The molecule has 0 amide bonds. The fourth-order valence-corrected chi connectivity index (χ4v) is 4.16. The molecule has 9 nitrogen and oxygen atoms in total. The minimum Gasteiger partial charge on any atom is -0.465 e. The molecule has 3 aromatic rings. The van der Waals surface area contributed by atoms with Gasteiger partial charge >= 0.3 is 5.97 Å². The number of halogens is 1. The van der Waals surface area contributed by atoms with Crippen molar-refractivity contribution < 1.29 is 9.53 Å². The van der Waals surface area contributed by atoms with Crippen LogP contribution in [0.1, 0.15) is 15.4 Å². The Morgan fingerprint density at radius 2 is 1.96 bits per heavy atom. The highest BCUT2D eigenvalue weighted by Crippen LogP contribution is 2.31. The monoisotopic (exact) mass is 393 g/mol. The van der Waals surface area contributed by atoms with Crippen LogP contribution in [0.4, 0.5) is 10.9 Å². The first-order chi connectivity index (χ1) is 12.6. The van der Waals surface area contributed by atoms with E-state index >= 15 is 0 Å². The molecule has 1 aliphatic rings. The number of thiazole rings is 1. The van der Waals surface area contributed by atoms with E-state index in [0.29, 0.717) is 10.7 Å². The van der Waals surface area contributed by atoms with Gasteiger partial charge in [0, 0.05) is 37.9 Å². The maximum Gasteiger partial charge on any atom is 0.351 e. The molecule has 0 aliphatic carbocycles. The number of piperazine rings is 1. The molecule has 1 fully saturated rings. The van der Waals surface area contributed by atoms with Gasteiger partial charge in [-0.05, 0) is 6.92 Å². The number of carbonyl (C=O) groups excluding carboxylic acids is 1. The summed E-state index contributed by atoms with van der Waals surface area (Å²) in [4.78, 5) is 29.3. The summed E-state index contributed by atoms with van der Waals surface area (Å²) in [6.45, 7) is 5.01. The molecule has 0 bridgehead atoms. The molecule has 0 saturated carbocycles. The van der Waals surface area contributed by atoms with Crippen LogP contribution in [0.2, 0.25) is 5.15 Å². The Kier molecular flexibility index (Phi) is 4.37. The number of methoxy groups -OCH3 is 1. The molecule has 1 aliphatic heterocycles. The van der Waals surface area contributed by atoms with Crippen molar-refractivity contribution in [1.29, 1.82) is 0 Å². The van der Waals surface area contributed by atoms with Crippen molar-refractivity contribution in [1.82, 2.24) is 24.6 Å². The Labute approximate surface area is 158 Å². The zero-order chi connectivity index (χ0) is 18.3. The van der Waals surface area contributed by atoms with Gasteiger partial charge in [0.15, 0.2) is 15.2 Å². The molecular weight excluding hydrogens is 378 g/mol. The second kappa shape index (κ2) is 6.69. The van der Waals surface area contributed by atoms with E-state index in [1.807, 2.05) is 13.0 Å². The summed E-state index contributed by atoms with van der Waals surface area (Å²) >= 11 is 7.32. The third-order valence-electron chi connectivity index (χ3n) is 4.18. The molecule has 1 saturated heterocycles. The number of hydrogen-bond acceptors (Lipinski definition) is 9. The number of aryl methyl sites for hydroxylation is 1. The van der Waals surface area contributed by atoms with E-state index in [1.54, 1.807) is 4.52 Å². The number of fused-ring (bicyclic) bond motifs is 1. The molecule has 136 valence electrons. The minimum absolute atomic E-state index is 0.188. The van der Waals surface area contributed by atoms with E-state index in [-0.39, 0.29) is 5.15 Å². The number of nitrogens with zero attached hydrogens (tertiary/aromatic N) is 7. The van der Waals surface area contributed by atoms with Crippen LogP contribution >= 0.6 is 22.9 Å². The SMILES string of the molecule is COC(=O)c1sc(N2CCN(c3cc(C)nc4ncnn34)CC2)nc1Cl. The normalized spacial score (nSPS) is 14.9. The van der Waals surface area contributed by atoms with Crippen molar-refractivity contribution in [2.24, 2.45) is 0 Å². The molecule has 0 aromatic carbocycles. The average molecular weight is 394 g/mol. The maximum absolute atomic E-state index is 11.7. The largest absolute Gasteiger partial charge is 0.465 e. The van der Waals surface area contributed by atoms with Crippen LogP contribution in [-0.4, -0.2) is 63.8 Å². The molecule has 0 radical (unpaired) electrons. The van der Waals surface area contributed by atoms with Gasteiger partial charge in [-0.1, -0.05) is 22.9 Å². The summed E-state index contributed by atoms with van der Waals surface area (Å²) in [6, 6.07) is 2.01. The van der Waals surface area contributed by atoms with Gasteiger partial charge in [0.05, 0.1) is 7.11 Å². The summed E-state index contributed by atoms with van der Waals surface area (Å²) in [6.07, 6.45) is 1.51. The third-order valence-corrected chi connectivity index (χ3v) is 5.66. The second-order valence-electron chi connectivity index (χ2n) is 5.81. The van der Waals surface area contributed by atoms with E-state index < -0.39 is 5.97 Å². The molecule has 0 spiro atoms.